The maximum atomic E-state index is 11.7. The molecule has 0 amide bonds. The van der Waals surface area contributed by atoms with Crippen LogP contribution in [0.3, 0.4) is 0 Å². The van der Waals surface area contributed by atoms with Gasteiger partial charge < -0.3 is 29.8 Å². The minimum absolute atomic E-state index is 0.269. The van der Waals surface area contributed by atoms with E-state index in [4.69, 9.17) is 24.7 Å². The Labute approximate surface area is 101 Å². The topological polar surface area (TPSA) is 86.0 Å². The minimum atomic E-state index is -1.48. The fraction of sp³-hybridized carbons (Fsp3) is 1.00. The van der Waals surface area contributed by atoms with Crippen LogP contribution in [-0.2, 0) is 18.9 Å². The van der Waals surface area contributed by atoms with Crippen molar-refractivity contribution in [2.24, 2.45) is 5.73 Å². The molecule has 17 heavy (non-hydrogen) atoms. The van der Waals surface area contributed by atoms with Crippen LogP contribution in [-0.4, -0.2) is 50.1 Å². The van der Waals surface area contributed by atoms with E-state index in [0.29, 0.717) is 19.6 Å². The Morgan fingerprint density at radius 2 is 2.24 bits per heavy atom. The lowest BCUT2D eigenvalue weighted by Crippen LogP contribution is -2.60. The first-order valence-corrected chi connectivity index (χ1v) is 5.78. The minimum Gasteiger partial charge on any atom is -0.829 e. The summed E-state index contributed by atoms with van der Waals surface area (Å²) in [6.45, 7) is 3.62. The lowest BCUT2D eigenvalue weighted by Gasteiger charge is -2.46. The van der Waals surface area contributed by atoms with Crippen LogP contribution in [0.4, 0.5) is 0 Å². The van der Waals surface area contributed by atoms with Crippen molar-refractivity contribution >= 4 is 0 Å². The third-order valence-electron chi connectivity index (χ3n) is 3.08. The van der Waals surface area contributed by atoms with Crippen LogP contribution < -0.4 is 10.8 Å². The van der Waals surface area contributed by atoms with Gasteiger partial charge >= 0.3 is 0 Å². The predicted octanol–water partition coefficient (Wildman–Crippen LogP) is -1.04. The van der Waals surface area contributed by atoms with E-state index in [1.165, 1.54) is 13.8 Å². The van der Waals surface area contributed by atoms with Gasteiger partial charge in [-0.1, -0.05) is 13.8 Å². The highest BCUT2D eigenvalue weighted by atomic mass is 16.8. The molecule has 2 saturated heterocycles. The van der Waals surface area contributed by atoms with Crippen LogP contribution >= 0.6 is 0 Å². The second-order valence-electron chi connectivity index (χ2n) is 5.20. The van der Waals surface area contributed by atoms with Crippen LogP contribution in [0.2, 0.25) is 0 Å². The van der Waals surface area contributed by atoms with Crippen molar-refractivity contribution in [2.75, 3.05) is 20.3 Å². The maximum Gasteiger partial charge on any atom is 0.173 e. The summed E-state index contributed by atoms with van der Waals surface area (Å²) in [5.74, 6) is -1.48. The van der Waals surface area contributed by atoms with Gasteiger partial charge in [-0.15, -0.1) is 0 Å². The molecule has 6 nitrogen and oxygen atoms in total. The Morgan fingerprint density at radius 3 is 2.82 bits per heavy atom. The highest BCUT2D eigenvalue weighted by molar-refractivity contribution is 5.01. The highest BCUT2D eigenvalue weighted by Gasteiger charge is 2.55. The lowest BCUT2D eigenvalue weighted by atomic mass is 9.90. The van der Waals surface area contributed by atoms with Gasteiger partial charge in [0.2, 0.25) is 0 Å². The summed E-state index contributed by atoms with van der Waals surface area (Å²) >= 11 is 0. The summed E-state index contributed by atoms with van der Waals surface area (Å²) < 4.78 is 21.9. The molecule has 2 aliphatic heterocycles. The molecular weight excluding hydrogens is 226 g/mol. The number of methoxy groups -OCH3 is 1. The Hall–Kier alpha value is -0.240. The van der Waals surface area contributed by atoms with Gasteiger partial charge in [-0.3, -0.25) is 0 Å². The Morgan fingerprint density at radius 1 is 1.53 bits per heavy atom. The summed E-state index contributed by atoms with van der Waals surface area (Å²) in [6.07, 6.45) is -0.275. The fourth-order valence-corrected chi connectivity index (χ4v) is 2.39. The molecule has 0 spiro atoms. The van der Waals surface area contributed by atoms with Crippen molar-refractivity contribution < 1.29 is 24.1 Å². The Kier molecular flexibility index (Phi) is 3.46. The average molecular weight is 246 g/mol. The van der Waals surface area contributed by atoms with E-state index in [-0.39, 0.29) is 6.04 Å². The highest BCUT2D eigenvalue weighted by Crippen LogP contribution is 2.38. The first-order valence-electron chi connectivity index (χ1n) is 5.78. The summed E-state index contributed by atoms with van der Waals surface area (Å²) in [7, 11) is 1.58. The second-order valence-corrected chi connectivity index (χ2v) is 5.20. The first kappa shape index (κ1) is 13.2. The molecule has 0 aromatic rings. The number of hydrogen-bond donors (Lipinski definition) is 1. The molecule has 2 aliphatic rings. The first-order chi connectivity index (χ1) is 7.86. The smallest absolute Gasteiger partial charge is 0.173 e. The second kappa shape index (κ2) is 4.46. The Balaban J connectivity index is 2.15. The van der Waals surface area contributed by atoms with Crippen molar-refractivity contribution in [3.05, 3.63) is 0 Å². The van der Waals surface area contributed by atoms with E-state index in [1.54, 1.807) is 7.11 Å². The number of ether oxygens (including phenoxy) is 4. The standard InChI is InChI=1S/C11H20NO5/c1-10(2,13)16-8-4-7(12)9-15-6-11(8,17-9)5-14-3/h7-9H,4-6,12H2,1-3H3/q-1/t7-,8-,9+,11+/m1/s1. The zero-order chi connectivity index (χ0) is 12.7. The van der Waals surface area contributed by atoms with Crippen molar-refractivity contribution in [3.8, 4) is 0 Å². The predicted molar refractivity (Wildman–Crippen MR) is 57.0 cm³/mol. The van der Waals surface area contributed by atoms with Crippen LogP contribution in [0.25, 0.3) is 0 Å². The zero-order valence-electron chi connectivity index (χ0n) is 10.5. The van der Waals surface area contributed by atoms with Gasteiger partial charge in [0, 0.05) is 7.11 Å². The van der Waals surface area contributed by atoms with Gasteiger partial charge in [0.25, 0.3) is 0 Å². The van der Waals surface area contributed by atoms with E-state index >= 15 is 0 Å². The molecule has 0 aromatic heterocycles. The van der Waals surface area contributed by atoms with Crippen molar-refractivity contribution in [1.29, 1.82) is 0 Å². The molecule has 0 radical (unpaired) electrons. The Bertz CT molecular complexity index is 280. The van der Waals surface area contributed by atoms with Crippen molar-refractivity contribution in [2.45, 2.75) is 50.1 Å². The molecule has 2 bridgehead atoms. The maximum absolute atomic E-state index is 11.7. The van der Waals surface area contributed by atoms with E-state index in [0.717, 1.165) is 0 Å². The molecule has 2 heterocycles. The van der Waals surface area contributed by atoms with E-state index in [9.17, 15) is 5.11 Å². The number of fused-ring (bicyclic) bond motifs is 2. The van der Waals surface area contributed by atoms with Gasteiger partial charge in [-0.25, -0.2) is 0 Å². The molecule has 2 fully saturated rings. The summed E-state index contributed by atoms with van der Waals surface area (Å²) in [4.78, 5) is 0. The summed E-state index contributed by atoms with van der Waals surface area (Å²) in [6, 6.07) is -0.269. The quantitative estimate of drug-likeness (QED) is 0.637. The van der Waals surface area contributed by atoms with Crippen LogP contribution in [0.1, 0.15) is 20.3 Å². The molecule has 6 heteroatoms. The molecule has 0 aromatic carbocycles. The van der Waals surface area contributed by atoms with Crippen molar-refractivity contribution in [1.82, 2.24) is 0 Å². The van der Waals surface area contributed by atoms with E-state index in [2.05, 4.69) is 0 Å². The molecule has 2 rings (SSSR count). The lowest BCUT2D eigenvalue weighted by molar-refractivity contribution is -0.553. The fourth-order valence-electron chi connectivity index (χ4n) is 2.39. The number of rotatable bonds is 4. The molecular formula is C11H20NO5-. The van der Waals surface area contributed by atoms with Crippen LogP contribution in [0.5, 0.6) is 0 Å². The molecule has 0 aliphatic carbocycles. The van der Waals surface area contributed by atoms with E-state index < -0.39 is 23.8 Å². The summed E-state index contributed by atoms with van der Waals surface area (Å²) in [5.41, 5.74) is 5.21. The van der Waals surface area contributed by atoms with Crippen molar-refractivity contribution in [3.63, 3.8) is 0 Å². The third-order valence-corrected chi connectivity index (χ3v) is 3.08. The molecule has 100 valence electrons. The van der Waals surface area contributed by atoms with Gasteiger partial charge in [-0.05, 0) is 12.2 Å². The normalized spacial score (nSPS) is 41.8. The van der Waals surface area contributed by atoms with Gasteiger partial charge in [0.15, 0.2) is 6.29 Å². The molecule has 4 atom stereocenters. The largest absolute Gasteiger partial charge is 0.829 e. The SMILES string of the molecule is COC[C@@]12CO[C@@H](O1)[C@H](N)C[C@H]2OC(C)(C)[O-]. The average Bonchev–Trinajstić information content (AvgIpc) is 2.56. The monoisotopic (exact) mass is 246 g/mol. The van der Waals surface area contributed by atoms with Crippen LogP contribution in [0, 0.1) is 0 Å². The third kappa shape index (κ3) is 2.62. The van der Waals surface area contributed by atoms with E-state index in [1.807, 2.05) is 0 Å². The van der Waals surface area contributed by atoms with Crippen LogP contribution in [0.15, 0.2) is 0 Å². The molecule has 2 N–H and O–H groups in total. The molecule has 0 unspecified atom stereocenters. The molecule has 0 saturated carbocycles. The van der Waals surface area contributed by atoms with Gasteiger partial charge in [0.1, 0.15) is 5.60 Å². The number of nitrogens with two attached hydrogens (primary N) is 1. The summed E-state index contributed by atoms with van der Waals surface area (Å²) in [5, 5.41) is 11.7. The van der Waals surface area contributed by atoms with Gasteiger partial charge in [0.05, 0.1) is 25.4 Å². The zero-order valence-corrected chi connectivity index (χ0v) is 10.5. The number of hydrogen-bond acceptors (Lipinski definition) is 6. The van der Waals surface area contributed by atoms with Gasteiger partial charge in [-0.2, -0.15) is 0 Å².